The molecule has 2 aromatic rings. The number of nitro groups is 1. The van der Waals surface area contributed by atoms with Crippen molar-refractivity contribution in [2.24, 2.45) is 0 Å². The topological polar surface area (TPSA) is 118 Å². The monoisotopic (exact) mass is 249 g/mol. The summed E-state index contributed by atoms with van der Waals surface area (Å²) in [5.41, 5.74) is -1.77. The van der Waals surface area contributed by atoms with Crippen LogP contribution in [0.1, 0.15) is 0 Å². The Morgan fingerprint density at radius 2 is 2.00 bits per heavy atom. The lowest BCUT2D eigenvalue weighted by Crippen LogP contribution is -2.27. The molecule has 0 atom stereocenters. The standard InChI is InChI=1S/C10H7N3O5/c14-8-5-9(15)12(10(16)11-8)6-2-1-3-7(4-6)13(17)18/h1-5,15H,(H,11,14,16). The van der Waals surface area contributed by atoms with E-state index in [-0.39, 0.29) is 11.4 Å². The van der Waals surface area contributed by atoms with E-state index in [1.165, 1.54) is 18.2 Å². The number of nitro benzene ring substituents is 1. The molecule has 92 valence electrons. The van der Waals surface area contributed by atoms with Gasteiger partial charge in [-0.25, -0.2) is 9.36 Å². The minimum atomic E-state index is -0.875. The van der Waals surface area contributed by atoms with Crippen LogP contribution in [-0.2, 0) is 0 Å². The van der Waals surface area contributed by atoms with Crippen molar-refractivity contribution in [3.63, 3.8) is 0 Å². The van der Waals surface area contributed by atoms with Crippen molar-refractivity contribution in [2.45, 2.75) is 0 Å². The average Bonchev–Trinajstić information content (AvgIpc) is 2.28. The Morgan fingerprint density at radius 3 is 2.61 bits per heavy atom. The zero-order valence-electron chi connectivity index (χ0n) is 8.86. The highest BCUT2D eigenvalue weighted by atomic mass is 16.6. The molecule has 0 saturated heterocycles. The van der Waals surface area contributed by atoms with Gasteiger partial charge in [0.2, 0.25) is 5.88 Å². The highest BCUT2D eigenvalue weighted by Gasteiger charge is 2.11. The van der Waals surface area contributed by atoms with E-state index in [0.29, 0.717) is 0 Å². The first-order chi connectivity index (χ1) is 8.49. The summed E-state index contributed by atoms with van der Waals surface area (Å²) in [4.78, 5) is 34.4. The zero-order valence-corrected chi connectivity index (χ0v) is 8.86. The summed E-state index contributed by atoms with van der Waals surface area (Å²) >= 11 is 0. The number of rotatable bonds is 2. The Bertz CT molecular complexity index is 731. The minimum absolute atomic E-state index is 0.0861. The van der Waals surface area contributed by atoms with Gasteiger partial charge in [0.05, 0.1) is 16.7 Å². The molecule has 0 bridgehead atoms. The van der Waals surface area contributed by atoms with Crippen LogP contribution in [0.2, 0.25) is 0 Å². The molecule has 2 rings (SSSR count). The Balaban J connectivity index is 2.70. The first-order valence-corrected chi connectivity index (χ1v) is 4.79. The van der Waals surface area contributed by atoms with Gasteiger partial charge in [-0.1, -0.05) is 6.07 Å². The molecule has 0 spiro atoms. The third-order valence-corrected chi connectivity index (χ3v) is 2.22. The molecule has 0 aliphatic carbocycles. The van der Waals surface area contributed by atoms with Crippen molar-refractivity contribution in [1.29, 1.82) is 0 Å². The number of nitrogens with zero attached hydrogens (tertiary/aromatic N) is 2. The van der Waals surface area contributed by atoms with Crippen LogP contribution < -0.4 is 11.2 Å². The summed E-state index contributed by atoms with van der Waals surface area (Å²) in [6.07, 6.45) is 0. The van der Waals surface area contributed by atoms with Gasteiger partial charge in [0.25, 0.3) is 11.2 Å². The van der Waals surface area contributed by atoms with Crippen molar-refractivity contribution in [3.05, 3.63) is 61.3 Å². The summed E-state index contributed by atoms with van der Waals surface area (Å²) in [6, 6.07) is 5.92. The van der Waals surface area contributed by atoms with Gasteiger partial charge in [-0.3, -0.25) is 19.9 Å². The number of hydrogen-bond donors (Lipinski definition) is 2. The van der Waals surface area contributed by atoms with Crippen LogP contribution in [0.4, 0.5) is 5.69 Å². The Morgan fingerprint density at radius 1 is 1.28 bits per heavy atom. The lowest BCUT2D eigenvalue weighted by atomic mass is 10.3. The first-order valence-electron chi connectivity index (χ1n) is 4.79. The fourth-order valence-corrected chi connectivity index (χ4v) is 1.48. The number of aromatic amines is 1. The maximum absolute atomic E-state index is 11.5. The van der Waals surface area contributed by atoms with E-state index in [0.717, 1.165) is 16.7 Å². The molecule has 0 amide bonds. The molecule has 8 heteroatoms. The van der Waals surface area contributed by atoms with Gasteiger partial charge in [0.1, 0.15) is 0 Å². The SMILES string of the molecule is O=c1cc(O)n(-c2cccc([N+](=O)[O-])c2)c(=O)[nH]1. The van der Waals surface area contributed by atoms with Crippen LogP contribution in [0.5, 0.6) is 5.88 Å². The fraction of sp³-hybridized carbons (Fsp3) is 0. The van der Waals surface area contributed by atoms with E-state index in [1.54, 1.807) is 0 Å². The molecule has 0 fully saturated rings. The second-order valence-electron chi connectivity index (χ2n) is 3.41. The van der Waals surface area contributed by atoms with Gasteiger partial charge in [0.15, 0.2) is 0 Å². The number of nitrogens with one attached hydrogen (secondary N) is 1. The van der Waals surface area contributed by atoms with Crippen molar-refractivity contribution in [2.75, 3.05) is 0 Å². The molecule has 8 nitrogen and oxygen atoms in total. The second kappa shape index (κ2) is 4.17. The van der Waals surface area contributed by atoms with Gasteiger partial charge in [-0.15, -0.1) is 0 Å². The molecule has 1 heterocycles. The van der Waals surface area contributed by atoms with E-state index in [2.05, 4.69) is 0 Å². The molecule has 0 saturated carbocycles. The third kappa shape index (κ3) is 1.98. The molecule has 0 radical (unpaired) electrons. The Labute approximate surface area is 98.9 Å². The van der Waals surface area contributed by atoms with E-state index in [4.69, 9.17) is 0 Å². The number of hydrogen-bond acceptors (Lipinski definition) is 5. The number of H-pyrrole nitrogens is 1. The Hall–Kier alpha value is -2.90. The average molecular weight is 249 g/mol. The molecule has 1 aromatic carbocycles. The van der Waals surface area contributed by atoms with Crippen LogP contribution in [0, 0.1) is 10.1 Å². The van der Waals surface area contributed by atoms with Crippen LogP contribution >= 0.6 is 0 Å². The van der Waals surface area contributed by atoms with Gasteiger partial charge < -0.3 is 5.11 Å². The van der Waals surface area contributed by atoms with Crippen LogP contribution in [-0.4, -0.2) is 19.6 Å². The van der Waals surface area contributed by atoms with E-state index < -0.39 is 22.1 Å². The van der Waals surface area contributed by atoms with Crippen molar-refractivity contribution < 1.29 is 10.0 Å². The zero-order chi connectivity index (χ0) is 13.3. The summed E-state index contributed by atoms with van der Waals surface area (Å²) in [5.74, 6) is -0.593. The molecular weight excluding hydrogens is 242 g/mol. The minimum Gasteiger partial charge on any atom is -0.494 e. The van der Waals surface area contributed by atoms with E-state index in [1.807, 2.05) is 4.98 Å². The lowest BCUT2D eigenvalue weighted by molar-refractivity contribution is -0.384. The first kappa shape index (κ1) is 11.6. The number of non-ortho nitro benzene ring substituents is 1. The molecule has 0 aliphatic heterocycles. The molecule has 0 unspecified atom stereocenters. The second-order valence-corrected chi connectivity index (χ2v) is 3.41. The molecule has 2 N–H and O–H groups in total. The highest BCUT2D eigenvalue weighted by molar-refractivity contribution is 5.44. The van der Waals surface area contributed by atoms with Crippen LogP contribution in [0.25, 0.3) is 5.69 Å². The van der Waals surface area contributed by atoms with Crippen LogP contribution in [0.3, 0.4) is 0 Å². The summed E-state index contributed by atoms with van der Waals surface area (Å²) in [6.45, 7) is 0. The van der Waals surface area contributed by atoms with Gasteiger partial charge >= 0.3 is 5.69 Å². The number of benzene rings is 1. The summed E-state index contributed by atoms with van der Waals surface area (Å²) < 4.78 is 0.758. The van der Waals surface area contributed by atoms with Crippen molar-refractivity contribution in [3.8, 4) is 11.6 Å². The quantitative estimate of drug-likeness (QED) is 0.579. The number of aromatic nitrogens is 2. The molecule has 1 aromatic heterocycles. The maximum Gasteiger partial charge on any atom is 0.335 e. The number of aromatic hydroxyl groups is 1. The predicted octanol–water partition coefficient (Wildman–Crippen LogP) is 0.140. The van der Waals surface area contributed by atoms with Gasteiger partial charge in [-0.2, -0.15) is 0 Å². The lowest BCUT2D eigenvalue weighted by Gasteiger charge is -2.06. The van der Waals surface area contributed by atoms with E-state index in [9.17, 15) is 24.8 Å². The normalized spacial score (nSPS) is 10.2. The fourth-order valence-electron chi connectivity index (χ4n) is 1.48. The predicted molar refractivity (Wildman–Crippen MR) is 61.0 cm³/mol. The molecule has 0 aliphatic rings. The molecular formula is C10H7N3O5. The third-order valence-electron chi connectivity index (χ3n) is 2.22. The van der Waals surface area contributed by atoms with E-state index >= 15 is 0 Å². The highest BCUT2D eigenvalue weighted by Crippen LogP contribution is 2.18. The van der Waals surface area contributed by atoms with Crippen molar-refractivity contribution in [1.82, 2.24) is 9.55 Å². The van der Waals surface area contributed by atoms with Gasteiger partial charge in [0, 0.05) is 12.1 Å². The summed E-state index contributed by atoms with van der Waals surface area (Å²) in [7, 11) is 0. The summed E-state index contributed by atoms with van der Waals surface area (Å²) in [5, 5.41) is 20.1. The van der Waals surface area contributed by atoms with Gasteiger partial charge in [-0.05, 0) is 6.07 Å². The van der Waals surface area contributed by atoms with Crippen LogP contribution in [0.15, 0.2) is 39.9 Å². The van der Waals surface area contributed by atoms with Crippen molar-refractivity contribution >= 4 is 5.69 Å². The maximum atomic E-state index is 11.5. The smallest absolute Gasteiger partial charge is 0.335 e. The largest absolute Gasteiger partial charge is 0.494 e. The molecule has 18 heavy (non-hydrogen) atoms. The Kier molecular flexibility index (Phi) is 2.68.